The molecule has 1 heterocycles. The molecule has 0 amide bonds. The van der Waals surface area contributed by atoms with Gasteiger partial charge in [0.1, 0.15) is 5.82 Å². The maximum Gasteiger partial charge on any atom is 0.184 e. The summed E-state index contributed by atoms with van der Waals surface area (Å²) in [5, 5.41) is 1.97. The summed E-state index contributed by atoms with van der Waals surface area (Å²) in [6.07, 6.45) is 0.168. The minimum atomic E-state index is -0.391. The van der Waals surface area contributed by atoms with Crippen LogP contribution in [0.4, 0.5) is 4.39 Å². The highest BCUT2D eigenvalue weighted by Crippen LogP contribution is 2.28. The monoisotopic (exact) mass is 266 g/mol. The standard InChI is InChI=1S/C14H15FO2S/c1-16-14(17-2)11-7-8-18-13(11)9-10-5-3-4-6-12(10)15/h3-8,14H,9H2,1-2H3. The molecule has 96 valence electrons. The molecule has 2 nitrogen and oxygen atoms in total. The molecule has 0 spiro atoms. The van der Waals surface area contributed by atoms with Crippen molar-refractivity contribution in [2.24, 2.45) is 0 Å². The highest BCUT2D eigenvalue weighted by atomic mass is 32.1. The third kappa shape index (κ3) is 2.77. The number of thiophene rings is 1. The molecule has 18 heavy (non-hydrogen) atoms. The van der Waals surface area contributed by atoms with Crippen LogP contribution in [0.5, 0.6) is 0 Å². The van der Waals surface area contributed by atoms with E-state index < -0.39 is 6.29 Å². The molecule has 0 saturated carbocycles. The first-order valence-corrected chi connectivity index (χ1v) is 6.49. The van der Waals surface area contributed by atoms with Crippen molar-refractivity contribution < 1.29 is 13.9 Å². The molecule has 0 aliphatic heterocycles. The van der Waals surface area contributed by atoms with E-state index in [0.29, 0.717) is 12.0 Å². The Labute approximate surface area is 110 Å². The fourth-order valence-corrected chi connectivity index (χ4v) is 2.79. The van der Waals surface area contributed by atoms with Crippen LogP contribution < -0.4 is 0 Å². The first-order valence-electron chi connectivity index (χ1n) is 5.61. The molecule has 1 aromatic heterocycles. The molecule has 4 heteroatoms. The van der Waals surface area contributed by atoms with Crippen molar-refractivity contribution in [1.82, 2.24) is 0 Å². The first kappa shape index (κ1) is 13.2. The van der Waals surface area contributed by atoms with Gasteiger partial charge >= 0.3 is 0 Å². The molecule has 0 radical (unpaired) electrons. The summed E-state index contributed by atoms with van der Waals surface area (Å²) in [6.45, 7) is 0. The SMILES string of the molecule is COC(OC)c1ccsc1Cc1ccccc1F. The topological polar surface area (TPSA) is 18.5 Å². The lowest BCUT2D eigenvalue weighted by atomic mass is 10.1. The van der Waals surface area contributed by atoms with E-state index in [2.05, 4.69) is 0 Å². The quantitative estimate of drug-likeness (QED) is 0.767. The zero-order valence-electron chi connectivity index (χ0n) is 10.4. The lowest BCUT2D eigenvalue weighted by Gasteiger charge is -2.14. The molecule has 0 fully saturated rings. The van der Waals surface area contributed by atoms with Gasteiger partial charge in [0.25, 0.3) is 0 Å². The summed E-state index contributed by atoms with van der Waals surface area (Å²) >= 11 is 1.59. The minimum Gasteiger partial charge on any atom is -0.352 e. The molecule has 1 aromatic carbocycles. The molecule has 0 aliphatic rings. The van der Waals surface area contributed by atoms with E-state index in [-0.39, 0.29) is 5.82 Å². The first-order chi connectivity index (χ1) is 8.76. The second-order valence-corrected chi connectivity index (χ2v) is 4.87. The van der Waals surface area contributed by atoms with Crippen molar-refractivity contribution >= 4 is 11.3 Å². The number of halogens is 1. The smallest absolute Gasteiger partial charge is 0.184 e. The molecule has 0 aliphatic carbocycles. The van der Waals surface area contributed by atoms with Crippen molar-refractivity contribution in [2.75, 3.05) is 14.2 Å². The second-order valence-electron chi connectivity index (χ2n) is 3.87. The number of rotatable bonds is 5. The summed E-state index contributed by atoms with van der Waals surface area (Å²) in [5.74, 6) is -0.178. The fourth-order valence-electron chi connectivity index (χ4n) is 1.87. The van der Waals surface area contributed by atoms with Gasteiger partial charge in [0, 0.05) is 31.1 Å². The summed E-state index contributed by atoms with van der Waals surface area (Å²) in [7, 11) is 3.19. The van der Waals surface area contributed by atoms with Crippen molar-refractivity contribution in [3.05, 3.63) is 57.5 Å². The Balaban J connectivity index is 2.25. The van der Waals surface area contributed by atoms with Gasteiger partial charge in [-0.3, -0.25) is 0 Å². The van der Waals surface area contributed by atoms with Crippen LogP contribution in [0.15, 0.2) is 35.7 Å². The van der Waals surface area contributed by atoms with E-state index in [4.69, 9.17) is 9.47 Å². The van der Waals surface area contributed by atoms with Gasteiger partial charge in [0.15, 0.2) is 6.29 Å². The molecule has 0 saturated heterocycles. The Morgan fingerprint density at radius 2 is 1.89 bits per heavy atom. The molecule has 0 atom stereocenters. The van der Waals surface area contributed by atoms with E-state index >= 15 is 0 Å². The van der Waals surface area contributed by atoms with Crippen molar-refractivity contribution in [3.63, 3.8) is 0 Å². The summed E-state index contributed by atoms with van der Waals surface area (Å²) in [4.78, 5) is 1.06. The van der Waals surface area contributed by atoms with Crippen molar-refractivity contribution in [2.45, 2.75) is 12.7 Å². The van der Waals surface area contributed by atoms with Gasteiger partial charge in [0.05, 0.1) is 0 Å². The molecule has 0 bridgehead atoms. The Bertz CT molecular complexity index is 506. The van der Waals surface area contributed by atoms with Crippen molar-refractivity contribution in [3.8, 4) is 0 Å². The van der Waals surface area contributed by atoms with Crippen LogP contribution in [0.2, 0.25) is 0 Å². The lowest BCUT2D eigenvalue weighted by molar-refractivity contribution is -0.106. The Kier molecular flexibility index (Phi) is 4.47. The van der Waals surface area contributed by atoms with Gasteiger partial charge in [-0.2, -0.15) is 0 Å². The van der Waals surface area contributed by atoms with Crippen molar-refractivity contribution in [1.29, 1.82) is 0 Å². The second kappa shape index (κ2) is 6.09. The normalized spacial score (nSPS) is 11.1. The lowest BCUT2D eigenvalue weighted by Crippen LogP contribution is -2.05. The van der Waals surface area contributed by atoms with Gasteiger partial charge in [-0.1, -0.05) is 18.2 Å². The van der Waals surface area contributed by atoms with Gasteiger partial charge in [0.2, 0.25) is 0 Å². The number of ether oxygens (including phenoxy) is 2. The minimum absolute atomic E-state index is 0.178. The van der Waals surface area contributed by atoms with Gasteiger partial charge in [-0.05, 0) is 23.1 Å². The predicted octanol–water partition coefficient (Wildman–Crippen LogP) is 3.77. The number of methoxy groups -OCH3 is 2. The average molecular weight is 266 g/mol. The van der Waals surface area contributed by atoms with Crippen LogP contribution in [0.3, 0.4) is 0 Å². The molecular weight excluding hydrogens is 251 g/mol. The van der Waals surface area contributed by atoms with Crippen LogP contribution in [0.1, 0.15) is 22.3 Å². The average Bonchev–Trinajstić information content (AvgIpc) is 2.82. The third-order valence-electron chi connectivity index (χ3n) is 2.77. The van der Waals surface area contributed by atoms with E-state index in [9.17, 15) is 4.39 Å². The Morgan fingerprint density at radius 1 is 1.17 bits per heavy atom. The number of hydrogen-bond acceptors (Lipinski definition) is 3. The van der Waals surface area contributed by atoms with Gasteiger partial charge < -0.3 is 9.47 Å². The summed E-state index contributed by atoms with van der Waals surface area (Å²) in [6, 6.07) is 8.77. The number of benzene rings is 1. The highest BCUT2D eigenvalue weighted by molar-refractivity contribution is 7.10. The maximum atomic E-state index is 13.6. The van der Waals surface area contributed by atoms with Crippen LogP contribution in [0.25, 0.3) is 0 Å². The molecular formula is C14H15FO2S. The maximum absolute atomic E-state index is 13.6. The molecule has 0 N–H and O–H groups in total. The van der Waals surface area contributed by atoms with Crippen LogP contribution in [-0.2, 0) is 15.9 Å². The zero-order valence-corrected chi connectivity index (χ0v) is 11.2. The predicted molar refractivity (Wildman–Crippen MR) is 70.3 cm³/mol. The Hall–Kier alpha value is -1.23. The largest absolute Gasteiger partial charge is 0.352 e. The van der Waals surface area contributed by atoms with E-state index in [1.807, 2.05) is 17.5 Å². The summed E-state index contributed by atoms with van der Waals surface area (Å²) in [5.41, 5.74) is 1.65. The fraction of sp³-hybridized carbons (Fsp3) is 0.286. The molecule has 0 unspecified atom stereocenters. The van der Waals surface area contributed by atoms with Gasteiger partial charge in [-0.25, -0.2) is 4.39 Å². The van der Waals surface area contributed by atoms with Crippen LogP contribution in [-0.4, -0.2) is 14.2 Å². The van der Waals surface area contributed by atoms with E-state index in [1.165, 1.54) is 6.07 Å². The summed E-state index contributed by atoms with van der Waals surface area (Å²) < 4.78 is 24.1. The number of hydrogen-bond donors (Lipinski definition) is 0. The van der Waals surface area contributed by atoms with E-state index in [0.717, 1.165) is 10.4 Å². The zero-order chi connectivity index (χ0) is 13.0. The highest BCUT2D eigenvalue weighted by Gasteiger charge is 2.16. The van der Waals surface area contributed by atoms with Gasteiger partial charge in [-0.15, -0.1) is 11.3 Å². The third-order valence-corrected chi connectivity index (χ3v) is 3.71. The van der Waals surface area contributed by atoms with Crippen LogP contribution in [0, 0.1) is 5.82 Å². The van der Waals surface area contributed by atoms with Crippen LogP contribution >= 0.6 is 11.3 Å². The molecule has 2 aromatic rings. The Morgan fingerprint density at radius 3 is 2.56 bits per heavy atom. The van der Waals surface area contributed by atoms with E-state index in [1.54, 1.807) is 37.7 Å². The molecule has 2 rings (SSSR count).